The topological polar surface area (TPSA) is 35.5 Å². The first-order chi connectivity index (χ1) is 9.04. The summed E-state index contributed by atoms with van der Waals surface area (Å²) in [5, 5.41) is 13.2. The average molecular weight is 268 g/mol. The van der Waals surface area contributed by atoms with Crippen LogP contribution < -0.4 is 5.32 Å². The fourth-order valence-electron chi connectivity index (χ4n) is 4.38. The Balaban J connectivity index is 1.93. The van der Waals surface area contributed by atoms with Crippen LogP contribution in [0.25, 0.3) is 0 Å². The highest BCUT2D eigenvalue weighted by atomic mass is 16.3. The summed E-state index contributed by atoms with van der Waals surface area (Å²) in [6, 6.07) is 0. The van der Waals surface area contributed by atoms with E-state index in [9.17, 15) is 5.11 Å². The molecule has 0 spiro atoms. The number of aliphatic hydroxyl groups excluding tert-OH is 1. The van der Waals surface area contributed by atoms with Crippen LogP contribution in [-0.4, -0.2) is 49.3 Å². The Morgan fingerprint density at radius 1 is 1.42 bits per heavy atom. The first kappa shape index (κ1) is 15.3. The molecule has 2 N–H and O–H groups in total. The molecule has 1 heterocycles. The zero-order valence-corrected chi connectivity index (χ0v) is 13.0. The van der Waals surface area contributed by atoms with Gasteiger partial charge in [-0.15, -0.1) is 0 Å². The van der Waals surface area contributed by atoms with Crippen LogP contribution in [0.1, 0.15) is 46.0 Å². The minimum Gasteiger partial charge on any atom is -0.393 e. The lowest BCUT2D eigenvalue weighted by atomic mass is 9.69. The summed E-state index contributed by atoms with van der Waals surface area (Å²) in [6.07, 6.45) is 6.55. The third kappa shape index (κ3) is 3.93. The number of nitrogens with zero attached hydrogens (tertiary/aromatic N) is 1. The van der Waals surface area contributed by atoms with Crippen LogP contribution in [0.4, 0.5) is 0 Å². The minimum atomic E-state index is -0.143. The van der Waals surface area contributed by atoms with Gasteiger partial charge in [-0.2, -0.15) is 0 Å². The Hall–Kier alpha value is -0.120. The molecule has 2 aliphatic rings. The molecule has 3 nitrogen and oxygen atoms in total. The highest BCUT2D eigenvalue weighted by Gasteiger charge is 2.38. The molecule has 0 aromatic rings. The van der Waals surface area contributed by atoms with E-state index in [0.717, 1.165) is 19.0 Å². The maximum absolute atomic E-state index is 9.75. The van der Waals surface area contributed by atoms with Crippen molar-refractivity contribution in [2.24, 2.45) is 17.3 Å². The average Bonchev–Trinajstić information content (AvgIpc) is 2.77. The number of rotatable bonds is 5. The predicted octanol–water partition coefficient (Wildman–Crippen LogP) is 2.10. The molecule has 3 heteroatoms. The maximum Gasteiger partial charge on any atom is 0.0552 e. The summed E-state index contributed by atoms with van der Waals surface area (Å²) < 4.78 is 0. The third-order valence-electron chi connectivity index (χ3n) is 5.29. The number of hydrogen-bond acceptors (Lipinski definition) is 3. The number of hydrogen-bond donors (Lipinski definition) is 2. The Bertz CT molecular complexity index is 278. The van der Waals surface area contributed by atoms with Gasteiger partial charge in [0, 0.05) is 19.6 Å². The van der Waals surface area contributed by atoms with E-state index in [-0.39, 0.29) is 6.10 Å². The molecule has 112 valence electrons. The Morgan fingerprint density at radius 3 is 2.79 bits per heavy atom. The lowest BCUT2D eigenvalue weighted by molar-refractivity contribution is 0.0819. The highest BCUT2D eigenvalue weighted by Crippen LogP contribution is 2.40. The lowest BCUT2D eigenvalue weighted by Gasteiger charge is -2.42. The SMILES string of the molecule is CNCC1(CN2CCC(C(C)O)C2)CCCC(C)C1. The Labute approximate surface area is 118 Å². The monoisotopic (exact) mass is 268 g/mol. The predicted molar refractivity (Wildman–Crippen MR) is 80.2 cm³/mol. The van der Waals surface area contributed by atoms with E-state index in [1.165, 1.54) is 45.2 Å². The van der Waals surface area contributed by atoms with E-state index >= 15 is 0 Å². The fraction of sp³-hybridized carbons (Fsp3) is 1.00. The number of likely N-dealkylation sites (tertiary alicyclic amines) is 1. The minimum absolute atomic E-state index is 0.143. The molecule has 2 rings (SSSR count). The second-order valence-electron chi connectivity index (χ2n) is 7.26. The van der Waals surface area contributed by atoms with Gasteiger partial charge in [0.1, 0.15) is 0 Å². The molecule has 2 fully saturated rings. The van der Waals surface area contributed by atoms with Gasteiger partial charge in [0.15, 0.2) is 0 Å². The van der Waals surface area contributed by atoms with Crippen molar-refractivity contribution in [3.63, 3.8) is 0 Å². The highest BCUT2D eigenvalue weighted by molar-refractivity contribution is 4.91. The summed E-state index contributed by atoms with van der Waals surface area (Å²) in [4.78, 5) is 2.60. The van der Waals surface area contributed by atoms with Gasteiger partial charge in [0.05, 0.1) is 6.10 Å². The van der Waals surface area contributed by atoms with Crippen molar-refractivity contribution in [3.05, 3.63) is 0 Å². The Kier molecular flexibility index (Phi) is 5.27. The van der Waals surface area contributed by atoms with Gasteiger partial charge >= 0.3 is 0 Å². The molecule has 1 saturated carbocycles. The van der Waals surface area contributed by atoms with Crippen molar-refractivity contribution in [3.8, 4) is 0 Å². The van der Waals surface area contributed by atoms with Crippen molar-refractivity contribution in [2.75, 3.05) is 33.2 Å². The van der Waals surface area contributed by atoms with Crippen molar-refractivity contribution in [1.82, 2.24) is 10.2 Å². The summed E-state index contributed by atoms with van der Waals surface area (Å²) in [6.45, 7) is 8.99. The van der Waals surface area contributed by atoms with Crippen LogP contribution in [0.3, 0.4) is 0 Å². The molecular formula is C16H32N2O. The molecule has 0 aromatic heterocycles. The molecule has 0 bridgehead atoms. The van der Waals surface area contributed by atoms with Crippen molar-refractivity contribution >= 4 is 0 Å². The summed E-state index contributed by atoms with van der Waals surface area (Å²) in [7, 11) is 2.09. The van der Waals surface area contributed by atoms with Crippen LogP contribution in [-0.2, 0) is 0 Å². The zero-order chi connectivity index (χ0) is 13.9. The van der Waals surface area contributed by atoms with Crippen LogP contribution in [0.2, 0.25) is 0 Å². The van der Waals surface area contributed by atoms with Gasteiger partial charge in [-0.25, -0.2) is 0 Å². The molecule has 0 aromatic carbocycles. The second-order valence-corrected chi connectivity index (χ2v) is 7.26. The van der Waals surface area contributed by atoms with Gasteiger partial charge in [0.2, 0.25) is 0 Å². The molecule has 0 amide bonds. The molecular weight excluding hydrogens is 236 g/mol. The zero-order valence-electron chi connectivity index (χ0n) is 13.0. The van der Waals surface area contributed by atoms with Crippen molar-refractivity contribution in [1.29, 1.82) is 0 Å². The molecule has 4 atom stereocenters. The van der Waals surface area contributed by atoms with E-state index in [2.05, 4.69) is 24.2 Å². The maximum atomic E-state index is 9.75. The van der Waals surface area contributed by atoms with E-state index in [1.54, 1.807) is 0 Å². The molecule has 4 unspecified atom stereocenters. The number of nitrogens with one attached hydrogen (secondary N) is 1. The van der Waals surface area contributed by atoms with Gasteiger partial charge < -0.3 is 15.3 Å². The number of aliphatic hydroxyl groups is 1. The van der Waals surface area contributed by atoms with Crippen LogP contribution >= 0.6 is 0 Å². The normalized spacial score (nSPS) is 38.5. The van der Waals surface area contributed by atoms with E-state index in [0.29, 0.717) is 11.3 Å². The van der Waals surface area contributed by atoms with Gasteiger partial charge in [-0.1, -0.05) is 19.8 Å². The van der Waals surface area contributed by atoms with Crippen molar-refractivity contribution < 1.29 is 5.11 Å². The first-order valence-electron chi connectivity index (χ1n) is 8.10. The van der Waals surface area contributed by atoms with E-state index < -0.39 is 0 Å². The van der Waals surface area contributed by atoms with Gasteiger partial charge in [0.25, 0.3) is 0 Å². The fourth-order valence-corrected chi connectivity index (χ4v) is 4.38. The summed E-state index contributed by atoms with van der Waals surface area (Å²) in [5.41, 5.74) is 0.472. The van der Waals surface area contributed by atoms with Gasteiger partial charge in [-0.3, -0.25) is 0 Å². The Morgan fingerprint density at radius 2 is 2.21 bits per heavy atom. The second kappa shape index (κ2) is 6.55. The van der Waals surface area contributed by atoms with Crippen LogP contribution in [0.15, 0.2) is 0 Å². The molecule has 19 heavy (non-hydrogen) atoms. The third-order valence-corrected chi connectivity index (χ3v) is 5.29. The van der Waals surface area contributed by atoms with Crippen molar-refractivity contribution in [2.45, 2.75) is 52.1 Å². The van der Waals surface area contributed by atoms with Crippen LogP contribution in [0.5, 0.6) is 0 Å². The molecule has 1 saturated heterocycles. The molecule has 1 aliphatic carbocycles. The van der Waals surface area contributed by atoms with E-state index in [1.807, 2.05) is 6.92 Å². The molecule has 1 aliphatic heterocycles. The van der Waals surface area contributed by atoms with Crippen LogP contribution in [0, 0.1) is 17.3 Å². The van der Waals surface area contributed by atoms with Gasteiger partial charge in [-0.05, 0) is 57.0 Å². The summed E-state index contributed by atoms with van der Waals surface area (Å²) >= 11 is 0. The lowest BCUT2D eigenvalue weighted by Crippen LogP contribution is -2.45. The molecule has 0 radical (unpaired) electrons. The standard InChI is InChI=1S/C16H32N2O/c1-13-5-4-7-16(9-13,11-17-3)12-18-8-6-15(10-18)14(2)19/h13-15,17,19H,4-12H2,1-3H3. The van der Waals surface area contributed by atoms with E-state index in [4.69, 9.17) is 0 Å². The summed E-state index contributed by atoms with van der Waals surface area (Å²) in [5.74, 6) is 1.37. The quantitative estimate of drug-likeness (QED) is 0.801. The first-order valence-corrected chi connectivity index (χ1v) is 8.10. The smallest absolute Gasteiger partial charge is 0.0552 e. The largest absolute Gasteiger partial charge is 0.393 e.